The summed E-state index contributed by atoms with van der Waals surface area (Å²) in [6.07, 6.45) is 1.75. The van der Waals surface area contributed by atoms with Gasteiger partial charge in [-0.1, -0.05) is 20.8 Å². The highest BCUT2D eigenvalue weighted by molar-refractivity contribution is 9.10. The standard InChI is InChI=1S/C10H16BrN3/c1-4-7-9(11)10(12)14-8(13-7)5-6(2)3/h6H,4-5H2,1-3H3,(H2,12,13,14). The number of hydrogen-bond acceptors (Lipinski definition) is 3. The van der Waals surface area contributed by atoms with Crippen LogP contribution in [0.2, 0.25) is 0 Å². The highest BCUT2D eigenvalue weighted by Gasteiger charge is 2.09. The summed E-state index contributed by atoms with van der Waals surface area (Å²) in [7, 11) is 0. The van der Waals surface area contributed by atoms with Crippen LogP contribution in [0.1, 0.15) is 32.3 Å². The van der Waals surface area contributed by atoms with Crippen molar-refractivity contribution in [2.45, 2.75) is 33.6 Å². The van der Waals surface area contributed by atoms with Crippen molar-refractivity contribution >= 4 is 21.7 Å². The van der Waals surface area contributed by atoms with Gasteiger partial charge in [0.2, 0.25) is 0 Å². The maximum absolute atomic E-state index is 5.77. The van der Waals surface area contributed by atoms with Gasteiger partial charge in [0, 0.05) is 6.42 Å². The van der Waals surface area contributed by atoms with Crippen LogP contribution in [0.5, 0.6) is 0 Å². The Kier molecular flexibility index (Phi) is 3.86. The van der Waals surface area contributed by atoms with Crippen molar-refractivity contribution in [3.05, 3.63) is 16.0 Å². The molecule has 0 saturated heterocycles. The quantitative estimate of drug-likeness (QED) is 0.906. The molecule has 0 saturated carbocycles. The van der Waals surface area contributed by atoms with Gasteiger partial charge in [-0.25, -0.2) is 9.97 Å². The summed E-state index contributed by atoms with van der Waals surface area (Å²) in [4.78, 5) is 8.70. The van der Waals surface area contributed by atoms with Gasteiger partial charge < -0.3 is 5.73 Å². The molecule has 0 aromatic carbocycles. The Morgan fingerprint density at radius 2 is 2.00 bits per heavy atom. The molecule has 0 unspecified atom stereocenters. The number of hydrogen-bond donors (Lipinski definition) is 1. The summed E-state index contributed by atoms with van der Waals surface area (Å²) in [6, 6.07) is 0. The Morgan fingerprint density at radius 1 is 1.36 bits per heavy atom. The number of aromatic nitrogens is 2. The van der Waals surface area contributed by atoms with E-state index in [9.17, 15) is 0 Å². The first-order valence-electron chi connectivity index (χ1n) is 4.85. The zero-order valence-electron chi connectivity index (χ0n) is 8.84. The van der Waals surface area contributed by atoms with Crippen LogP contribution < -0.4 is 5.73 Å². The first-order chi connectivity index (χ1) is 6.54. The van der Waals surface area contributed by atoms with E-state index < -0.39 is 0 Å². The molecule has 1 heterocycles. The summed E-state index contributed by atoms with van der Waals surface area (Å²) >= 11 is 3.39. The van der Waals surface area contributed by atoms with Gasteiger partial charge in [0.25, 0.3) is 0 Å². The smallest absolute Gasteiger partial charge is 0.141 e. The molecule has 14 heavy (non-hydrogen) atoms. The lowest BCUT2D eigenvalue weighted by Gasteiger charge is -2.08. The Hall–Kier alpha value is -0.640. The van der Waals surface area contributed by atoms with Crippen LogP contribution in [-0.4, -0.2) is 9.97 Å². The highest BCUT2D eigenvalue weighted by atomic mass is 79.9. The van der Waals surface area contributed by atoms with E-state index in [1.807, 2.05) is 0 Å². The van der Waals surface area contributed by atoms with E-state index in [0.29, 0.717) is 11.7 Å². The fourth-order valence-corrected chi connectivity index (χ4v) is 1.71. The van der Waals surface area contributed by atoms with Crippen molar-refractivity contribution in [3.8, 4) is 0 Å². The number of nitrogens with two attached hydrogens (primary N) is 1. The van der Waals surface area contributed by atoms with Crippen LogP contribution in [0, 0.1) is 5.92 Å². The van der Waals surface area contributed by atoms with Gasteiger partial charge in [0.1, 0.15) is 11.6 Å². The molecule has 0 aliphatic heterocycles. The van der Waals surface area contributed by atoms with E-state index in [4.69, 9.17) is 5.73 Å². The van der Waals surface area contributed by atoms with E-state index in [1.165, 1.54) is 0 Å². The predicted molar refractivity (Wildman–Crippen MR) is 62.1 cm³/mol. The number of halogens is 1. The second-order valence-electron chi connectivity index (χ2n) is 3.74. The second-order valence-corrected chi connectivity index (χ2v) is 4.53. The zero-order valence-corrected chi connectivity index (χ0v) is 10.4. The molecule has 0 atom stereocenters. The Bertz CT molecular complexity index is 323. The van der Waals surface area contributed by atoms with Crippen LogP contribution in [0.4, 0.5) is 5.82 Å². The maximum atomic E-state index is 5.77. The average molecular weight is 258 g/mol. The van der Waals surface area contributed by atoms with Crippen molar-refractivity contribution in [2.24, 2.45) is 5.92 Å². The molecular weight excluding hydrogens is 242 g/mol. The van der Waals surface area contributed by atoms with Crippen LogP contribution in [0.25, 0.3) is 0 Å². The lowest BCUT2D eigenvalue weighted by Crippen LogP contribution is -2.07. The minimum absolute atomic E-state index is 0.549. The molecule has 1 rings (SSSR count). The number of anilines is 1. The van der Waals surface area contributed by atoms with Crippen molar-refractivity contribution in [1.29, 1.82) is 0 Å². The minimum atomic E-state index is 0.549. The largest absolute Gasteiger partial charge is 0.383 e. The van der Waals surface area contributed by atoms with Crippen molar-refractivity contribution in [3.63, 3.8) is 0 Å². The zero-order chi connectivity index (χ0) is 10.7. The summed E-state index contributed by atoms with van der Waals surface area (Å²) in [5.41, 5.74) is 6.77. The fraction of sp³-hybridized carbons (Fsp3) is 0.600. The SMILES string of the molecule is CCc1nc(CC(C)C)nc(N)c1Br. The van der Waals surface area contributed by atoms with Crippen molar-refractivity contribution in [1.82, 2.24) is 9.97 Å². The molecule has 2 N–H and O–H groups in total. The van der Waals surface area contributed by atoms with Crippen LogP contribution in [0.3, 0.4) is 0 Å². The van der Waals surface area contributed by atoms with Crippen molar-refractivity contribution in [2.75, 3.05) is 5.73 Å². The number of rotatable bonds is 3. The molecule has 4 heteroatoms. The molecule has 0 radical (unpaired) electrons. The van der Waals surface area contributed by atoms with Crippen LogP contribution >= 0.6 is 15.9 Å². The summed E-state index contributed by atoms with van der Waals surface area (Å²) in [5, 5.41) is 0. The molecule has 0 bridgehead atoms. The molecule has 78 valence electrons. The third-order valence-corrected chi connectivity index (χ3v) is 2.78. The lowest BCUT2D eigenvalue weighted by molar-refractivity contribution is 0.618. The number of nitrogen functional groups attached to an aromatic ring is 1. The molecule has 0 aliphatic rings. The predicted octanol–water partition coefficient (Wildman–Crippen LogP) is 2.58. The molecule has 1 aromatic rings. The molecule has 1 aromatic heterocycles. The Morgan fingerprint density at radius 3 is 2.50 bits per heavy atom. The first kappa shape index (κ1) is 11.4. The van der Waals surface area contributed by atoms with Crippen LogP contribution in [0.15, 0.2) is 4.47 Å². The third kappa shape index (κ3) is 2.67. The molecule has 0 aliphatic carbocycles. The van der Waals surface area contributed by atoms with E-state index >= 15 is 0 Å². The van der Waals surface area contributed by atoms with Gasteiger partial charge in [-0.05, 0) is 28.3 Å². The lowest BCUT2D eigenvalue weighted by atomic mass is 10.1. The molecule has 0 spiro atoms. The second kappa shape index (κ2) is 4.73. The molecular formula is C10H16BrN3. The fourth-order valence-electron chi connectivity index (χ4n) is 1.26. The molecule has 0 fully saturated rings. The van der Waals surface area contributed by atoms with Gasteiger partial charge in [0.05, 0.1) is 10.2 Å². The van der Waals surface area contributed by atoms with E-state index in [-0.39, 0.29) is 0 Å². The Balaban J connectivity index is 3.03. The van der Waals surface area contributed by atoms with Crippen molar-refractivity contribution < 1.29 is 0 Å². The van der Waals surface area contributed by atoms with E-state index in [2.05, 4.69) is 46.7 Å². The van der Waals surface area contributed by atoms with Crippen LogP contribution in [-0.2, 0) is 12.8 Å². The summed E-state index contributed by atoms with van der Waals surface area (Å²) in [5.74, 6) is 1.95. The topological polar surface area (TPSA) is 51.8 Å². The third-order valence-electron chi connectivity index (χ3n) is 1.92. The summed E-state index contributed by atoms with van der Waals surface area (Å²) in [6.45, 7) is 6.35. The normalized spacial score (nSPS) is 10.9. The van der Waals surface area contributed by atoms with E-state index in [0.717, 1.165) is 28.8 Å². The maximum Gasteiger partial charge on any atom is 0.141 e. The Labute approximate surface area is 93.3 Å². The van der Waals surface area contributed by atoms with Gasteiger partial charge in [-0.3, -0.25) is 0 Å². The average Bonchev–Trinajstić information content (AvgIpc) is 2.10. The molecule has 3 nitrogen and oxygen atoms in total. The van der Waals surface area contributed by atoms with Gasteiger partial charge >= 0.3 is 0 Å². The highest BCUT2D eigenvalue weighted by Crippen LogP contribution is 2.21. The summed E-state index contributed by atoms with van der Waals surface area (Å²) < 4.78 is 0.840. The minimum Gasteiger partial charge on any atom is -0.383 e. The van der Waals surface area contributed by atoms with Gasteiger partial charge in [-0.15, -0.1) is 0 Å². The molecule has 0 amide bonds. The first-order valence-corrected chi connectivity index (χ1v) is 5.64. The van der Waals surface area contributed by atoms with Gasteiger partial charge in [-0.2, -0.15) is 0 Å². The van der Waals surface area contributed by atoms with Gasteiger partial charge in [0.15, 0.2) is 0 Å². The number of aryl methyl sites for hydroxylation is 1. The number of nitrogens with zero attached hydrogens (tertiary/aromatic N) is 2. The van der Waals surface area contributed by atoms with E-state index in [1.54, 1.807) is 0 Å². The monoisotopic (exact) mass is 257 g/mol.